The van der Waals surface area contributed by atoms with E-state index in [1.54, 1.807) is 0 Å². The summed E-state index contributed by atoms with van der Waals surface area (Å²) >= 11 is 4.09. The van der Waals surface area contributed by atoms with E-state index in [-0.39, 0.29) is 0 Å². The first-order valence-corrected chi connectivity index (χ1v) is 4.62. The molecule has 0 aromatic heterocycles. The van der Waals surface area contributed by atoms with Gasteiger partial charge in [-0.25, -0.2) is 0 Å². The lowest BCUT2D eigenvalue weighted by Gasteiger charge is -2.21. The Morgan fingerprint density at radius 3 is 1.61 bits per heavy atom. The van der Waals surface area contributed by atoms with Crippen LogP contribution in [-0.2, 0) is 6.18 Å². The van der Waals surface area contributed by atoms with Gasteiger partial charge in [0.15, 0.2) is 0 Å². The Hall–Kier alpha value is -1.18. The van der Waals surface area contributed by atoms with Gasteiger partial charge in [0.2, 0.25) is 0 Å². The van der Waals surface area contributed by atoms with Crippen molar-refractivity contribution in [3.8, 4) is 5.75 Å². The highest BCUT2D eigenvalue weighted by atomic mass is 35.5. The summed E-state index contributed by atoms with van der Waals surface area (Å²) < 4.78 is 89.5. The normalized spacial score (nSPS) is 13.6. The SMILES string of the molecule is FC(F)(F)c1ccc(OC(F)(F)C(F)(F)Cl)cc1. The molecule has 0 atom stereocenters. The Balaban J connectivity index is 2.89. The second-order valence-corrected chi connectivity index (χ2v) is 3.61. The average molecular weight is 297 g/mol. The molecule has 0 unspecified atom stereocenters. The maximum Gasteiger partial charge on any atom is 0.480 e. The van der Waals surface area contributed by atoms with Gasteiger partial charge >= 0.3 is 17.7 Å². The molecule has 0 fully saturated rings. The van der Waals surface area contributed by atoms with Crippen molar-refractivity contribution in [2.75, 3.05) is 0 Å². The molecular weight excluding hydrogens is 293 g/mol. The highest BCUT2D eigenvalue weighted by molar-refractivity contribution is 6.22. The molecule has 9 heteroatoms. The molecule has 0 N–H and O–H groups in total. The molecule has 1 rings (SSSR count). The lowest BCUT2D eigenvalue weighted by molar-refractivity contribution is -0.273. The molecule has 0 spiro atoms. The summed E-state index contributed by atoms with van der Waals surface area (Å²) in [6, 6.07) is 1.80. The van der Waals surface area contributed by atoms with Gasteiger partial charge in [-0.3, -0.25) is 0 Å². The van der Waals surface area contributed by atoms with Crippen LogP contribution in [0, 0.1) is 0 Å². The zero-order valence-corrected chi connectivity index (χ0v) is 9.00. The summed E-state index contributed by atoms with van der Waals surface area (Å²) in [5.41, 5.74) is -1.13. The third-order valence-corrected chi connectivity index (χ3v) is 1.98. The fourth-order valence-electron chi connectivity index (χ4n) is 0.918. The van der Waals surface area contributed by atoms with Crippen molar-refractivity contribution >= 4 is 11.6 Å². The molecule has 0 aliphatic carbocycles. The standard InChI is InChI=1S/C9H4ClF7O/c10-8(14,15)9(16,17)18-6-3-1-5(2-4-6)7(11,12)13/h1-4H. The van der Waals surface area contributed by atoms with Gasteiger partial charge in [0.1, 0.15) is 5.75 Å². The molecule has 1 aromatic rings. The van der Waals surface area contributed by atoms with Gasteiger partial charge in [0.25, 0.3) is 0 Å². The molecule has 0 saturated heterocycles. The van der Waals surface area contributed by atoms with Crippen molar-refractivity contribution in [3.63, 3.8) is 0 Å². The van der Waals surface area contributed by atoms with Crippen LogP contribution in [0.1, 0.15) is 5.56 Å². The quantitative estimate of drug-likeness (QED) is 0.589. The Labute approximate surface area is 101 Å². The van der Waals surface area contributed by atoms with E-state index in [0.29, 0.717) is 24.3 Å². The first kappa shape index (κ1) is 14.9. The summed E-state index contributed by atoms with van der Waals surface area (Å²) in [7, 11) is 0. The maximum absolute atomic E-state index is 12.6. The summed E-state index contributed by atoms with van der Waals surface area (Å²) in [5.74, 6) is -0.867. The van der Waals surface area contributed by atoms with Crippen LogP contribution in [0.3, 0.4) is 0 Å². The maximum atomic E-state index is 12.6. The molecule has 1 nitrogen and oxygen atoms in total. The van der Waals surface area contributed by atoms with E-state index in [9.17, 15) is 30.7 Å². The van der Waals surface area contributed by atoms with Crippen molar-refractivity contribution in [1.82, 2.24) is 0 Å². The van der Waals surface area contributed by atoms with E-state index < -0.39 is 29.0 Å². The summed E-state index contributed by atoms with van der Waals surface area (Å²) in [5, 5.41) is -4.98. The van der Waals surface area contributed by atoms with Crippen LogP contribution in [0.15, 0.2) is 24.3 Å². The summed E-state index contributed by atoms with van der Waals surface area (Å²) in [6.45, 7) is 0. The van der Waals surface area contributed by atoms with E-state index in [1.165, 1.54) is 0 Å². The molecule has 1 aromatic carbocycles. The van der Waals surface area contributed by atoms with Crippen molar-refractivity contribution in [2.45, 2.75) is 17.7 Å². The molecule has 0 aliphatic rings. The monoisotopic (exact) mass is 296 g/mol. The highest BCUT2D eigenvalue weighted by Gasteiger charge is 2.58. The number of halogens is 8. The number of alkyl halides is 8. The van der Waals surface area contributed by atoms with Crippen molar-refractivity contribution in [3.05, 3.63) is 29.8 Å². The predicted molar refractivity (Wildman–Crippen MR) is 47.8 cm³/mol. The molecule has 0 radical (unpaired) electrons. The number of hydrogen-bond acceptors (Lipinski definition) is 1. The van der Waals surface area contributed by atoms with Crippen molar-refractivity contribution < 1.29 is 35.5 Å². The second kappa shape index (κ2) is 4.49. The topological polar surface area (TPSA) is 9.23 Å². The van der Waals surface area contributed by atoms with Crippen LogP contribution in [-0.4, -0.2) is 11.5 Å². The summed E-state index contributed by atoms with van der Waals surface area (Å²) in [6.07, 6.45) is -9.70. The Morgan fingerprint density at radius 1 is 0.833 bits per heavy atom. The van der Waals surface area contributed by atoms with Crippen LogP contribution < -0.4 is 4.74 Å². The summed E-state index contributed by atoms with van der Waals surface area (Å²) in [4.78, 5) is 0. The van der Waals surface area contributed by atoms with Gasteiger partial charge < -0.3 is 4.74 Å². The molecule has 18 heavy (non-hydrogen) atoms. The molecule has 0 saturated carbocycles. The van der Waals surface area contributed by atoms with Crippen LogP contribution in [0.2, 0.25) is 0 Å². The van der Waals surface area contributed by atoms with E-state index in [0.717, 1.165) is 0 Å². The minimum absolute atomic E-state index is 0.414. The lowest BCUT2D eigenvalue weighted by Crippen LogP contribution is -2.41. The molecule has 0 heterocycles. The van der Waals surface area contributed by atoms with E-state index in [2.05, 4.69) is 16.3 Å². The van der Waals surface area contributed by atoms with Gasteiger partial charge in [0, 0.05) is 0 Å². The number of rotatable bonds is 3. The highest BCUT2D eigenvalue weighted by Crippen LogP contribution is 2.39. The largest absolute Gasteiger partial charge is 0.480 e. The molecule has 0 amide bonds. The first-order valence-electron chi connectivity index (χ1n) is 4.24. The van der Waals surface area contributed by atoms with Crippen LogP contribution >= 0.6 is 11.6 Å². The first-order chi connectivity index (χ1) is 7.93. The zero-order chi connectivity index (χ0) is 14.2. The minimum Gasteiger partial charge on any atom is -0.427 e. The van der Waals surface area contributed by atoms with E-state index >= 15 is 0 Å². The number of benzene rings is 1. The van der Waals surface area contributed by atoms with Gasteiger partial charge in [-0.05, 0) is 35.9 Å². The molecule has 102 valence electrons. The second-order valence-electron chi connectivity index (χ2n) is 3.14. The van der Waals surface area contributed by atoms with E-state index in [4.69, 9.17) is 0 Å². The van der Waals surface area contributed by atoms with Gasteiger partial charge in [0.05, 0.1) is 5.56 Å². The molecule has 0 aliphatic heterocycles. The smallest absolute Gasteiger partial charge is 0.427 e. The predicted octanol–water partition coefficient (Wildman–Crippen LogP) is 4.51. The third-order valence-electron chi connectivity index (χ3n) is 1.76. The number of hydrogen-bond donors (Lipinski definition) is 0. The fraction of sp³-hybridized carbons (Fsp3) is 0.333. The molecule has 0 bridgehead atoms. The Morgan fingerprint density at radius 2 is 1.28 bits per heavy atom. The zero-order valence-electron chi connectivity index (χ0n) is 8.24. The third kappa shape index (κ3) is 3.41. The van der Waals surface area contributed by atoms with Crippen molar-refractivity contribution in [1.29, 1.82) is 0 Å². The van der Waals surface area contributed by atoms with Gasteiger partial charge in [-0.1, -0.05) is 0 Å². The minimum atomic E-state index is -5.03. The van der Waals surface area contributed by atoms with Crippen molar-refractivity contribution in [2.24, 2.45) is 0 Å². The van der Waals surface area contributed by atoms with Crippen LogP contribution in [0.5, 0.6) is 5.75 Å². The Bertz CT molecular complexity index is 406. The fourth-order valence-corrected chi connectivity index (χ4v) is 0.956. The van der Waals surface area contributed by atoms with Crippen LogP contribution in [0.25, 0.3) is 0 Å². The number of ether oxygens (including phenoxy) is 1. The Kier molecular flexibility index (Phi) is 3.71. The van der Waals surface area contributed by atoms with Crippen LogP contribution in [0.4, 0.5) is 30.7 Å². The van der Waals surface area contributed by atoms with Gasteiger partial charge in [-0.2, -0.15) is 30.7 Å². The molecular formula is C9H4ClF7O. The van der Waals surface area contributed by atoms with E-state index in [1.807, 2.05) is 0 Å². The van der Waals surface area contributed by atoms with Gasteiger partial charge in [-0.15, -0.1) is 0 Å². The average Bonchev–Trinajstić information content (AvgIpc) is 2.14. The lowest BCUT2D eigenvalue weighted by atomic mass is 10.2.